The van der Waals surface area contributed by atoms with E-state index in [0.29, 0.717) is 23.1 Å². The predicted octanol–water partition coefficient (Wildman–Crippen LogP) is 2.50. The van der Waals surface area contributed by atoms with Gasteiger partial charge in [-0.25, -0.2) is 18.3 Å². The first-order chi connectivity index (χ1) is 13.7. The highest BCUT2D eigenvalue weighted by Crippen LogP contribution is 2.23. The summed E-state index contributed by atoms with van der Waals surface area (Å²) >= 11 is 0. The Labute approximate surface area is 163 Å². The van der Waals surface area contributed by atoms with E-state index in [-0.39, 0.29) is 23.7 Å². The van der Waals surface area contributed by atoms with Crippen molar-refractivity contribution in [1.82, 2.24) is 19.6 Å². The lowest BCUT2D eigenvalue weighted by molar-refractivity contribution is 0.0685. The number of carbonyl (C=O) groups is 2. The third kappa shape index (κ3) is 4.08. The van der Waals surface area contributed by atoms with Gasteiger partial charge in [-0.15, -0.1) is 0 Å². The van der Waals surface area contributed by atoms with Crippen LogP contribution in [0.4, 0.5) is 14.5 Å². The number of hydrogen-bond acceptors (Lipinski definition) is 5. The summed E-state index contributed by atoms with van der Waals surface area (Å²) in [5.74, 6) is -3.70. The highest BCUT2D eigenvalue weighted by Gasteiger charge is 2.23. The van der Waals surface area contributed by atoms with E-state index in [2.05, 4.69) is 15.5 Å². The van der Waals surface area contributed by atoms with Gasteiger partial charge in [-0.1, -0.05) is 0 Å². The first kappa shape index (κ1) is 20.0. The topological polar surface area (TPSA) is 111 Å². The van der Waals surface area contributed by atoms with Crippen molar-refractivity contribution in [3.8, 4) is 5.75 Å². The third-order valence-corrected chi connectivity index (χ3v) is 4.13. The van der Waals surface area contributed by atoms with Crippen molar-refractivity contribution in [2.24, 2.45) is 7.05 Å². The number of anilines is 1. The molecule has 2 heterocycles. The van der Waals surface area contributed by atoms with E-state index < -0.39 is 23.5 Å². The average Bonchev–Trinajstić information content (AvgIpc) is 3.16. The highest BCUT2D eigenvalue weighted by atomic mass is 19.1. The van der Waals surface area contributed by atoms with Gasteiger partial charge in [0.05, 0.1) is 22.6 Å². The molecule has 1 amide bonds. The number of hydrogen-bond donors (Lipinski definition) is 2. The quantitative estimate of drug-likeness (QED) is 0.652. The average molecular weight is 405 g/mol. The zero-order valence-electron chi connectivity index (χ0n) is 15.7. The number of halogens is 2. The molecule has 0 atom stereocenters. The van der Waals surface area contributed by atoms with Gasteiger partial charge in [-0.2, -0.15) is 10.2 Å². The maximum absolute atomic E-state index is 13.7. The fraction of sp³-hybridized carbons (Fsp3) is 0.222. The summed E-state index contributed by atoms with van der Waals surface area (Å²) in [5, 5.41) is 19.8. The van der Waals surface area contributed by atoms with Crippen LogP contribution in [0.5, 0.6) is 5.75 Å². The summed E-state index contributed by atoms with van der Waals surface area (Å²) in [4.78, 5) is 23.8. The molecule has 0 fully saturated rings. The molecule has 2 N–H and O–H groups in total. The van der Waals surface area contributed by atoms with E-state index in [9.17, 15) is 23.5 Å². The first-order valence-corrected chi connectivity index (χ1v) is 8.37. The molecule has 0 aliphatic rings. The summed E-state index contributed by atoms with van der Waals surface area (Å²) in [6.07, 6.45) is 1.30. The van der Waals surface area contributed by atoms with Crippen molar-refractivity contribution < 1.29 is 28.2 Å². The van der Waals surface area contributed by atoms with E-state index >= 15 is 0 Å². The molecule has 0 spiro atoms. The molecule has 2 aromatic heterocycles. The summed E-state index contributed by atoms with van der Waals surface area (Å²) in [6.45, 7) is 3.11. The van der Waals surface area contributed by atoms with Crippen LogP contribution in [-0.2, 0) is 13.8 Å². The minimum absolute atomic E-state index is 0.101. The molecule has 0 unspecified atom stereocenters. The monoisotopic (exact) mass is 405 g/mol. The van der Waals surface area contributed by atoms with Crippen LogP contribution in [-0.4, -0.2) is 36.5 Å². The Balaban J connectivity index is 1.79. The molecule has 0 aliphatic carbocycles. The SMILES string of the molecule is Cc1nn(COc2ccc(F)cc2F)c(C)c1NC(=O)c1cn(C)nc1C(=O)O. The zero-order chi connectivity index (χ0) is 21.3. The van der Waals surface area contributed by atoms with Gasteiger partial charge >= 0.3 is 5.97 Å². The molecule has 0 aliphatic heterocycles. The van der Waals surface area contributed by atoms with Gasteiger partial charge in [0.15, 0.2) is 24.0 Å². The van der Waals surface area contributed by atoms with Gasteiger partial charge in [0.1, 0.15) is 5.82 Å². The number of nitrogens with zero attached hydrogens (tertiary/aromatic N) is 4. The minimum atomic E-state index is -1.32. The second-order valence-corrected chi connectivity index (χ2v) is 6.22. The molecular formula is C18H17F2N5O4. The van der Waals surface area contributed by atoms with Gasteiger partial charge < -0.3 is 15.2 Å². The minimum Gasteiger partial charge on any atom is -0.476 e. The Morgan fingerprint density at radius 1 is 1.24 bits per heavy atom. The Hall–Kier alpha value is -3.76. The lowest BCUT2D eigenvalue weighted by Gasteiger charge is -2.09. The molecule has 1 aromatic carbocycles. The van der Waals surface area contributed by atoms with Crippen LogP contribution in [0.15, 0.2) is 24.4 Å². The van der Waals surface area contributed by atoms with Crippen LogP contribution >= 0.6 is 0 Å². The van der Waals surface area contributed by atoms with E-state index in [0.717, 1.165) is 12.1 Å². The maximum Gasteiger partial charge on any atom is 0.357 e. The molecule has 0 bridgehead atoms. The number of aromatic nitrogens is 4. The third-order valence-electron chi connectivity index (χ3n) is 4.13. The molecule has 3 aromatic rings. The molecule has 0 radical (unpaired) electrons. The van der Waals surface area contributed by atoms with Crippen LogP contribution < -0.4 is 10.1 Å². The van der Waals surface area contributed by atoms with Crippen LogP contribution in [0.25, 0.3) is 0 Å². The lowest BCUT2D eigenvalue weighted by Crippen LogP contribution is -2.16. The second-order valence-electron chi connectivity index (χ2n) is 6.22. The van der Waals surface area contributed by atoms with E-state index in [1.807, 2.05) is 0 Å². The van der Waals surface area contributed by atoms with Gasteiger partial charge in [0.25, 0.3) is 5.91 Å². The second kappa shape index (κ2) is 7.70. The fourth-order valence-corrected chi connectivity index (χ4v) is 2.72. The first-order valence-electron chi connectivity index (χ1n) is 8.37. The standard InChI is InChI=1S/C18H17F2N5O4/c1-9-15(21-17(26)12-7-24(3)23-16(12)18(27)28)10(2)25(22-9)8-29-14-5-4-11(19)6-13(14)20/h4-7H,8H2,1-3H3,(H,21,26)(H,27,28). The van der Waals surface area contributed by atoms with Crippen LogP contribution in [0.2, 0.25) is 0 Å². The molecular weight excluding hydrogens is 388 g/mol. The number of ether oxygens (including phenoxy) is 1. The molecule has 11 heteroatoms. The molecule has 29 heavy (non-hydrogen) atoms. The largest absolute Gasteiger partial charge is 0.476 e. The summed E-state index contributed by atoms with van der Waals surface area (Å²) in [6, 6.07) is 2.93. The predicted molar refractivity (Wildman–Crippen MR) is 96.8 cm³/mol. The Morgan fingerprint density at radius 3 is 2.62 bits per heavy atom. The van der Waals surface area contributed by atoms with Crippen LogP contribution in [0.1, 0.15) is 32.2 Å². The van der Waals surface area contributed by atoms with Gasteiger partial charge in [0, 0.05) is 19.3 Å². The van der Waals surface area contributed by atoms with Crippen molar-refractivity contribution in [1.29, 1.82) is 0 Å². The molecule has 0 saturated carbocycles. The van der Waals surface area contributed by atoms with Gasteiger partial charge in [0.2, 0.25) is 0 Å². The number of carbonyl (C=O) groups excluding carboxylic acids is 1. The lowest BCUT2D eigenvalue weighted by atomic mass is 10.2. The molecule has 3 rings (SSSR count). The normalized spacial score (nSPS) is 10.8. The van der Waals surface area contributed by atoms with E-state index in [1.165, 1.54) is 22.6 Å². The van der Waals surface area contributed by atoms with E-state index in [4.69, 9.17) is 4.74 Å². The van der Waals surface area contributed by atoms with Crippen molar-refractivity contribution in [2.45, 2.75) is 20.6 Å². The molecule has 9 nitrogen and oxygen atoms in total. The number of aromatic carboxylic acids is 1. The van der Waals surface area contributed by atoms with Gasteiger partial charge in [-0.3, -0.25) is 9.48 Å². The number of benzene rings is 1. The Bertz CT molecular complexity index is 1110. The van der Waals surface area contributed by atoms with Crippen molar-refractivity contribution >= 4 is 17.6 Å². The number of carboxylic acids is 1. The zero-order valence-corrected chi connectivity index (χ0v) is 15.7. The van der Waals surface area contributed by atoms with Crippen molar-refractivity contribution in [2.75, 3.05) is 5.32 Å². The number of aryl methyl sites for hydroxylation is 2. The number of amides is 1. The molecule has 0 saturated heterocycles. The summed E-state index contributed by atoms with van der Waals surface area (Å²) < 4.78 is 34.6. The van der Waals surface area contributed by atoms with Crippen molar-refractivity contribution in [3.05, 3.63) is 58.7 Å². The maximum atomic E-state index is 13.7. The number of carboxylic acid groups (broad SMARTS) is 1. The summed E-state index contributed by atoms with van der Waals surface area (Å²) in [7, 11) is 1.50. The fourth-order valence-electron chi connectivity index (χ4n) is 2.72. The van der Waals surface area contributed by atoms with Crippen LogP contribution in [0.3, 0.4) is 0 Å². The van der Waals surface area contributed by atoms with Gasteiger partial charge in [-0.05, 0) is 26.0 Å². The van der Waals surface area contributed by atoms with E-state index in [1.54, 1.807) is 13.8 Å². The molecule has 152 valence electrons. The van der Waals surface area contributed by atoms with Crippen molar-refractivity contribution in [3.63, 3.8) is 0 Å². The number of nitrogens with one attached hydrogen (secondary N) is 1. The smallest absolute Gasteiger partial charge is 0.357 e. The highest BCUT2D eigenvalue weighted by molar-refractivity contribution is 6.10. The van der Waals surface area contributed by atoms with Crippen LogP contribution in [0, 0.1) is 25.5 Å². The Kier molecular flexibility index (Phi) is 5.31. The number of rotatable bonds is 6. The Morgan fingerprint density at radius 2 is 1.97 bits per heavy atom. The summed E-state index contributed by atoms with van der Waals surface area (Å²) in [5.41, 5.74) is 0.830.